The van der Waals surface area contributed by atoms with Crippen LogP contribution in [0.1, 0.15) is 20.3 Å². The summed E-state index contributed by atoms with van der Waals surface area (Å²) in [6.07, 6.45) is 0.919. The molecular formula is C11H18N2O. The van der Waals surface area contributed by atoms with Crippen molar-refractivity contribution in [2.75, 3.05) is 20.1 Å². The zero-order valence-corrected chi connectivity index (χ0v) is 9.13. The number of hydrogen-bond donors (Lipinski definition) is 1. The Hall–Kier alpha value is -1.01. The lowest BCUT2D eigenvalue weighted by Gasteiger charge is -2.16. The molecule has 0 aromatic carbocycles. The van der Waals surface area contributed by atoms with Crippen LogP contribution in [0, 0.1) is 17.8 Å². The predicted molar refractivity (Wildman–Crippen MR) is 56.7 cm³/mol. The molecule has 1 rings (SSSR count). The molecule has 0 saturated heterocycles. The van der Waals surface area contributed by atoms with Crippen LogP contribution in [0.2, 0.25) is 0 Å². The lowest BCUT2D eigenvalue weighted by atomic mass is 10.1. The van der Waals surface area contributed by atoms with Gasteiger partial charge in [-0.25, -0.2) is 0 Å². The van der Waals surface area contributed by atoms with Gasteiger partial charge in [-0.15, -0.1) is 0 Å². The Morgan fingerprint density at radius 1 is 1.64 bits per heavy atom. The van der Waals surface area contributed by atoms with Gasteiger partial charge in [-0.05, 0) is 24.8 Å². The van der Waals surface area contributed by atoms with Crippen molar-refractivity contribution in [3.05, 3.63) is 0 Å². The van der Waals surface area contributed by atoms with Crippen LogP contribution in [0.5, 0.6) is 0 Å². The van der Waals surface area contributed by atoms with Crippen molar-refractivity contribution in [3.8, 4) is 11.8 Å². The van der Waals surface area contributed by atoms with Gasteiger partial charge in [0.1, 0.15) is 0 Å². The van der Waals surface area contributed by atoms with E-state index in [1.165, 1.54) is 0 Å². The largest absolute Gasteiger partial charge is 0.335 e. The average molecular weight is 194 g/mol. The normalized spacial score (nSPS) is 21.9. The minimum absolute atomic E-state index is 0.0705. The van der Waals surface area contributed by atoms with Gasteiger partial charge >= 0.3 is 0 Å². The Bertz CT molecular complexity index is 262. The molecule has 78 valence electrons. The molecule has 0 bridgehead atoms. The molecule has 1 atom stereocenters. The summed E-state index contributed by atoms with van der Waals surface area (Å²) in [6, 6.07) is 0.172. The fraction of sp³-hybridized carbons (Fsp3) is 0.727. The first kappa shape index (κ1) is 11.1. The highest BCUT2D eigenvalue weighted by atomic mass is 16.2. The van der Waals surface area contributed by atoms with Gasteiger partial charge in [-0.1, -0.05) is 19.8 Å². The summed E-state index contributed by atoms with van der Waals surface area (Å²) in [6.45, 7) is 6.05. The van der Waals surface area contributed by atoms with E-state index in [1.807, 2.05) is 0 Å². The molecule has 1 amide bonds. The maximum atomic E-state index is 11.2. The minimum atomic E-state index is -0.0705. The van der Waals surface area contributed by atoms with Gasteiger partial charge in [-0.3, -0.25) is 4.79 Å². The van der Waals surface area contributed by atoms with E-state index < -0.39 is 0 Å². The first-order valence-corrected chi connectivity index (χ1v) is 5.09. The molecule has 1 aliphatic heterocycles. The standard InChI is InChI=1S/C11H18N2O/c1-9(2)8-12-10-4-5-11(14)13(3)7-6-10/h9-10,12H,6-8H2,1-3H3. The second-order valence-electron chi connectivity index (χ2n) is 4.14. The van der Waals surface area contributed by atoms with Crippen molar-refractivity contribution in [2.45, 2.75) is 26.3 Å². The van der Waals surface area contributed by atoms with Crippen LogP contribution in [0.25, 0.3) is 0 Å². The van der Waals surface area contributed by atoms with E-state index in [0.717, 1.165) is 19.5 Å². The number of carbonyl (C=O) groups is 1. The van der Waals surface area contributed by atoms with E-state index in [0.29, 0.717) is 5.92 Å². The Labute approximate surface area is 85.9 Å². The van der Waals surface area contributed by atoms with E-state index >= 15 is 0 Å². The van der Waals surface area contributed by atoms with Crippen LogP contribution in [-0.2, 0) is 4.79 Å². The van der Waals surface area contributed by atoms with Crippen LogP contribution in [0.3, 0.4) is 0 Å². The third kappa shape index (κ3) is 3.39. The fourth-order valence-electron chi connectivity index (χ4n) is 1.27. The molecular weight excluding hydrogens is 176 g/mol. The van der Waals surface area contributed by atoms with E-state index in [-0.39, 0.29) is 11.9 Å². The summed E-state index contributed by atoms with van der Waals surface area (Å²) >= 11 is 0. The van der Waals surface area contributed by atoms with E-state index in [9.17, 15) is 4.79 Å². The first-order chi connectivity index (χ1) is 6.59. The zero-order chi connectivity index (χ0) is 10.6. The number of amides is 1. The van der Waals surface area contributed by atoms with Gasteiger partial charge in [0, 0.05) is 13.6 Å². The Morgan fingerprint density at radius 3 is 3.00 bits per heavy atom. The molecule has 1 aliphatic rings. The van der Waals surface area contributed by atoms with Crippen molar-refractivity contribution < 1.29 is 4.79 Å². The molecule has 1 heterocycles. The van der Waals surface area contributed by atoms with Crippen molar-refractivity contribution in [1.29, 1.82) is 0 Å². The van der Waals surface area contributed by atoms with E-state index in [1.54, 1.807) is 11.9 Å². The molecule has 0 fully saturated rings. The molecule has 14 heavy (non-hydrogen) atoms. The molecule has 3 nitrogen and oxygen atoms in total. The molecule has 0 spiro atoms. The minimum Gasteiger partial charge on any atom is -0.335 e. The molecule has 0 aliphatic carbocycles. The Morgan fingerprint density at radius 2 is 2.36 bits per heavy atom. The number of nitrogens with zero attached hydrogens (tertiary/aromatic N) is 1. The fourth-order valence-corrected chi connectivity index (χ4v) is 1.27. The number of carbonyl (C=O) groups excluding carboxylic acids is 1. The number of hydrogen-bond acceptors (Lipinski definition) is 2. The van der Waals surface area contributed by atoms with E-state index in [4.69, 9.17) is 0 Å². The second kappa shape index (κ2) is 5.02. The van der Waals surface area contributed by atoms with Crippen LogP contribution >= 0.6 is 0 Å². The zero-order valence-electron chi connectivity index (χ0n) is 9.13. The van der Waals surface area contributed by atoms with Crippen molar-refractivity contribution in [1.82, 2.24) is 10.2 Å². The predicted octanol–water partition coefficient (Wildman–Crippen LogP) is 0.466. The topological polar surface area (TPSA) is 32.3 Å². The molecule has 0 saturated carbocycles. The number of nitrogens with one attached hydrogen (secondary N) is 1. The van der Waals surface area contributed by atoms with Gasteiger partial charge < -0.3 is 10.2 Å². The third-order valence-corrected chi connectivity index (χ3v) is 2.23. The molecule has 3 heteroatoms. The van der Waals surface area contributed by atoms with Gasteiger partial charge in [0.2, 0.25) is 0 Å². The maximum absolute atomic E-state index is 11.2. The van der Waals surface area contributed by atoms with Crippen LogP contribution in [-0.4, -0.2) is 37.0 Å². The molecule has 0 aromatic heterocycles. The molecule has 0 radical (unpaired) electrons. The van der Waals surface area contributed by atoms with Gasteiger partial charge in [0.15, 0.2) is 0 Å². The lowest BCUT2D eigenvalue weighted by molar-refractivity contribution is -0.123. The Balaban J connectivity index is 2.44. The van der Waals surface area contributed by atoms with Crippen LogP contribution < -0.4 is 5.32 Å². The number of rotatable bonds is 3. The van der Waals surface area contributed by atoms with Gasteiger partial charge in [-0.2, -0.15) is 0 Å². The summed E-state index contributed by atoms with van der Waals surface area (Å²) in [5, 5.41) is 3.35. The summed E-state index contributed by atoms with van der Waals surface area (Å²) in [7, 11) is 1.79. The van der Waals surface area contributed by atoms with Crippen molar-refractivity contribution >= 4 is 5.91 Å². The summed E-state index contributed by atoms with van der Waals surface area (Å²) < 4.78 is 0. The monoisotopic (exact) mass is 194 g/mol. The average Bonchev–Trinajstić information content (AvgIpc) is 2.28. The molecule has 1 N–H and O–H groups in total. The second-order valence-corrected chi connectivity index (χ2v) is 4.14. The smallest absolute Gasteiger partial charge is 0.298 e. The van der Waals surface area contributed by atoms with Crippen molar-refractivity contribution in [2.24, 2.45) is 5.92 Å². The molecule has 1 unspecified atom stereocenters. The Kier molecular flexibility index (Phi) is 3.97. The van der Waals surface area contributed by atoms with Crippen LogP contribution in [0.4, 0.5) is 0 Å². The SMILES string of the molecule is CC(C)CNC1C#CC(=O)N(C)CC1. The summed E-state index contributed by atoms with van der Waals surface area (Å²) in [4.78, 5) is 12.9. The first-order valence-electron chi connectivity index (χ1n) is 5.09. The van der Waals surface area contributed by atoms with Gasteiger partial charge in [0.25, 0.3) is 5.91 Å². The summed E-state index contributed by atoms with van der Waals surface area (Å²) in [5.41, 5.74) is 0. The van der Waals surface area contributed by atoms with E-state index in [2.05, 4.69) is 31.0 Å². The summed E-state index contributed by atoms with van der Waals surface area (Å²) in [5.74, 6) is 6.16. The van der Waals surface area contributed by atoms with Crippen LogP contribution in [0.15, 0.2) is 0 Å². The molecule has 0 aromatic rings. The maximum Gasteiger partial charge on any atom is 0.298 e. The van der Waals surface area contributed by atoms with Gasteiger partial charge in [0.05, 0.1) is 6.04 Å². The highest BCUT2D eigenvalue weighted by Crippen LogP contribution is 2.00. The highest BCUT2D eigenvalue weighted by Gasteiger charge is 2.13. The highest BCUT2D eigenvalue weighted by molar-refractivity contribution is 5.93. The third-order valence-electron chi connectivity index (χ3n) is 2.23. The van der Waals surface area contributed by atoms with Crippen molar-refractivity contribution in [3.63, 3.8) is 0 Å². The quantitative estimate of drug-likeness (QED) is 0.662. The lowest BCUT2D eigenvalue weighted by Crippen LogP contribution is -2.33.